The van der Waals surface area contributed by atoms with Gasteiger partial charge in [-0.25, -0.2) is 4.79 Å². The minimum Gasteiger partial charge on any atom is -0.495 e. The Kier molecular flexibility index (Phi) is 3.79. The predicted octanol–water partition coefficient (Wildman–Crippen LogP) is 2.74. The fraction of sp³-hybridized carbons (Fsp3) is 0.133. The quantitative estimate of drug-likeness (QED) is 0.837. The summed E-state index contributed by atoms with van der Waals surface area (Å²) >= 11 is 0. The first-order chi connectivity index (χ1) is 9.54. The van der Waals surface area contributed by atoms with Crippen molar-refractivity contribution in [3.63, 3.8) is 0 Å². The van der Waals surface area contributed by atoms with Crippen LogP contribution in [0.3, 0.4) is 0 Å². The molecule has 0 atom stereocenters. The SMILES string of the molecule is COc1ccccc1N(C)c1cc(C(=O)O)ccc1N. The van der Waals surface area contributed by atoms with Gasteiger partial charge in [0.1, 0.15) is 5.75 Å². The third-order valence-electron chi connectivity index (χ3n) is 3.09. The molecule has 0 saturated carbocycles. The number of rotatable bonds is 4. The summed E-state index contributed by atoms with van der Waals surface area (Å²) in [5.74, 6) is -0.296. The Morgan fingerprint density at radius 2 is 1.90 bits per heavy atom. The molecule has 2 aromatic carbocycles. The number of ether oxygens (including phenoxy) is 1. The monoisotopic (exact) mass is 272 g/mol. The highest BCUT2D eigenvalue weighted by atomic mass is 16.5. The van der Waals surface area contributed by atoms with Gasteiger partial charge in [0.15, 0.2) is 0 Å². The van der Waals surface area contributed by atoms with Crippen LogP contribution in [-0.2, 0) is 0 Å². The predicted molar refractivity (Wildman–Crippen MR) is 78.9 cm³/mol. The molecule has 0 radical (unpaired) electrons. The van der Waals surface area contributed by atoms with Crippen LogP contribution in [-0.4, -0.2) is 25.2 Å². The van der Waals surface area contributed by atoms with E-state index in [1.807, 2.05) is 31.3 Å². The van der Waals surface area contributed by atoms with Crippen LogP contribution in [0.2, 0.25) is 0 Å². The molecule has 0 heterocycles. The highest BCUT2D eigenvalue weighted by molar-refractivity contribution is 5.91. The number of carboxylic acid groups (broad SMARTS) is 1. The summed E-state index contributed by atoms with van der Waals surface area (Å²) < 4.78 is 5.31. The minimum atomic E-state index is -0.986. The van der Waals surface area contributed by atoms with Gasteiger partial charge in [0.05, 0.1) is 29.7 Å². The number of methoxy groups -OCH3 is 1. The lowest BCUT2D eigenvalue weighted by atomic mass is 10.1. The van der Waals surface area contributed by atoms with Crippen molar-refractivity contribution < 1.29 is 14.6 Å². The van der Waals surface area contributed by atoms with E-state index in [1.54, 1.807) is 24.1 Å². The first-order valence-electron chi connectivity index (χ1n) is 6.04. The molecule has 2 rings (SSSR count). The molecule has 3 N–H and O–H groups in total. The van der Waals surface area contributed by atoms with Gasteiger partial charge in [0, 0.05) is 7.05 Å². The summed E-state index contributed by atoms with van der Waals surface area (Å²) in [5, 5.41) is 9.07. The molecule has 20 heavy (non-hydrogen) atoms. The van der Waals surface area contributed by atoms with E-state index in [1.165, 1.54) is 6.07 Å². The van der Waals surface area contributed by atoms with Crippen LogP contribution in [0.25, 0.3) is 0 Å². The van der Waals surface area contributed by atoms with Crippen molar-refractivity contribution in [2.45, 2.75) is 0 Å². The minimum absolute atomic E-state index is 0.191. The number of aromatic carboxylic acids is 1. The molecule has 0 amide bonds. The van der Waals surface area contributed by atoms with Crippen molar-refractivity contribution >= 4 is 23.0 Å². The maximum Gasteiger partial charge on any atom is 0.335 e. The van der Waals surface area contributed by atoms with Crippen molar-refractivity contribution in [3.8, 4) is 5.75 Å². The van der Waals surface area contributed by atoms with Gasteiger partial charge >= 0.3 is 5.97 Å². The lowest BCUT2D eigenvalue weighted by Crippen LogP contribution is -2.13. The third kappa shape index (κ3) is 2.51. The molecule has 0 unspecified atom stereocenters. The molecule has 0 aliphatic rings. The van der Waals surface area contributed by atoms with Crippen LogP contribution in [0.4, 0.5) is 17.1 Å². The fourth-order valence-corrected chi connectivity index (χ4v) is 2.00. The van der Waals surface area contributed by atoms with Crippen LogP contribution in [0, 0.1) is 0 Å². The topological polar surface area (TPSA) is 75.8 Å². The smallest absolute Gasteiger partial charge is 0.335 e. The molecular weight excluding hydrogens is 256 g/mol. The molecule has 5 nitrogen and oxygen atoms in total. The van der Waals surface area contributed by atoms with Crippen LogP contribution >= 0.6 is 0 Å². The van der Waals surface area contributed by atoms with Crippen molar-refractivity contribution in [2.75, 3.05) is 24.8 Å². The molecule has 0 aliphatic carbocycles. The molecule has 5 heteroatoms. The Labute approximate surface area is 117 Å². The zero-order chi connectivity index (χ0) is 14.7. The highest BCUT2D eigenvalue weighted by Gasteiger charge is 2.14. The summed E-state index contributed by atoms with van der Waals surface area (Å²) in [6.07, 6.45) is 0. The first-order valence-corrected chi connectivity index (χ1v) is 6.04. The number of hydrogen-bond donors (Lipinski definition) is 2. The van der Waals surface area contributed by atoms with E-state index < -0.39 is 5.97 Å². The zero-order valence-electron chi connectivity index (χ0n) is 11.3. The molecule has 0 aromatic heterocycles. The second kappa shape index (κ2) is 5.52. The second-order valence-electron chi connectivity index (χ2n) is 4.31. The molecule has 0 saturated heterocycles. The number of nitrogens with two attached hydrogens (primary N) is 1. The van der Waals surface area contributed by atoms with Gasteiger partial charge in [-0.1, -0.05) is 12.1 Å². The molecule has 2 aromatic rings. The van der Waals surface area contributed by atoms with E-state index in [-0.39, 0.29) is 5.56 Å². The number of carbonyl (C=O) groups is 1. The van der Waals surface area contributed by atoms with Crippen molar-refractivity contribution in [2.24, 2.45) is 0 Å². The van der Waals surface area contributed by atoms with E-state index >= 15 is 0 Å². The number of para-hydroxylation sites is 2. The first kappa shape index (κ1) is 13.7. The Morgan fingerprint density at radius 3 is 2.55 bits per heavy atom. The van der Waals surface area contributed by atoms with Crippen molar-refractivity contribution in [3.05, 3.63) is 48.0 Å². The van der Waals surface area contributed by atoms with Gasteiger partial charge in [-0.05, 0) is 30.3 Å². The van der Waals surface area contributed by atoms with Gasteiger partial charge in [-0.2, -0.15) is 0 Å². The average molecular weight is 272 g/mol. The number of benzene rings is 2. The van der Waals surface area contributed by atoms with E-state index in [4.69, 9.17) is 15.6 Å². The van der Waals surface area contributed by atoms with Crippen molar-refractivity contribution in [1.29, 1.82) is 0 Å². The normalized spacial score (nSPS) is 10.1. The maximum atomic E-state index is 11.1. The molecular formula is C15H16N2O3. The largest absolute Gasteiger partial charge is 0.495 e. The van der Waals surface area contributed by atoms with Crippen LogP contribution in [0.15, 0.2) is 42.5 Å². The number of nitrogens with zero attached hydrogens (tertiary/aromatic N) is 1. The summed E-state index contributed by atoms with van der Waals surface area (Å²) in [6, 6.07) is 12.1. The number of nitrogen functional groups attached to an aromatic ring is 1. The van der Waals surface area contributed by atoms with E-state index in [0.29, 0.717) is 17.1 Å². The summed E-state index contributed by atoms with van der Waals surface area (Å²) in [6.45, 7) is 0. The maximum absolute atomic E-state index is 11.1. The Morgan fingerprint density at radius 1 is 1.20 bits per heavy atom. The lowest BCUT2D eigenvalue weighted by molar-refractivity contribution is 0.0697. The second-order valence-corrected chi connectivity index (χ2v) is 4.31. The zero-order valence-corrected chi connectivity index (χ0v) is 11.3. The van der Waals surface area contributed by atoms with Crippen LogP contribution < -0.4 is 15.4 Å². The van der Waals surface area contributed by atoms with Gasteiger partial charge in [-0.3, -0.25) is 0 Å². The van der Waals surface area contributed by atoms with Gasteiger partial charge in [0.25, 0.3) is 0 Å². The Hall–Kier alpha value is -2.69. The van der Waals surface area contributed by atoms with Crippen molar-refractivity contribution in [1.82, 2.24) is 0 Å². The molecule has 0 fully saturated rings. The molecule has 0 bridgehead atoms. The van der Waals surface area contributed by atoms with Crippen LogP contribution in [0.1, 0.15) is 10.4 Å². The van der Waals surface area contributed by atoms with Gasteiger partial charge in [0.2, 0.25) is 0 Å². The van der Waals surface area contributed by atoms with Gasteiger partial charge in [-0.15, -0.1) is 0 Å². The highest BCUT2D eigenvalue weighted by Crippen LogP contribution is 2.35. The average Bonchev–Trinajstić information content (AvgIpc) is 2.46. The van der Waals surface area contributed by atoms with E-state index in [9.17, 15) is 4.79 Å². The van der Waals surface area contributed by atoms with E-state index in [0.717, 1.165) is 5.69 Å². The molecule has 0 aliphatic heterocycles. The van der Waals surface area contributed by atoms with Crippen LogP contribution in [0.5, 0.6) is 5.75 Å². The molecule has 0 spiro atoms. The summed E-state index contributed by atoms with van der Waals surface area (Å²) in [4.78, 5) is 12.9. The lowest BCUT2D eigenvalue weighted by Gasteiger charge is -2.23. The number of hydrogen-bond acceptors (Lipinski definition) is 4. The number of carboxylic acids is 1. The Balaban J connectivity index is 2.50. The summed E-state index contributed by atoms with van der Waals surface area (Å²) in [5.41, 5.74) is 8.07. The number of anilines is 3. The summed E-state index contributed by atoms with van der Waals surface area (Å²) in [7, 11) is 3.40. The Bertz CT molecular complexity index is 641. The fourth-order valence-electron chi connectivity index (χ4n) is 2.00. The van der Waals surface area contributed by atoms with Gasteiger partial charge < -0.3 is 20.5 Å². The standard InChI is InChI=1S/C15H16N2O3/c1-17(12-5-3-4-6-14(12)20-2)13-9-10(15(18)19)7-8-11(13)16/h3-9H,16H2,1-2H3,(H,18,19). The molecule has 104 valence electrons. The third-order valence-corrected chi connectivity index (χ3v) is 3.09. The van der Waals surface area contributed by atoms with E-state index in [2.05, 4.69) is 0 Å².